The number of rotatable bonds is 3. The highest BCUT2D eigenvalue weighted by Crippen LogP contribution is 2.04. The summed E-state index contributed by atoms with van der Waals surface area (Å²) in [6.45, 7) is 0.0799. The SMILES string of the molecule is N#Cc1ccc(COC(=O)C=[N+]=[N-])cc1. The number of ether oxygens (including phenoxy) is 1. The van der Waals surface area contributed by atoms with Gasteiger partial charge in [-0.05, 0) is 17.7 Å². The number of benzene rings is 1. The summed E-state index contributed by atoms with van der Waals surface area (Å²) >= 11 is 0. The lowest BCUT2D eigenvalue weighted by molar-refractivity contribution is -0.140. The monoisotopic (exact) mass is 201 g/mol. The van der Waals surface area contributed by atoms with Gasteiger partial charge in [-0.3, -0.25) is 0 Å². The maximum Gasteiger partial charge on any atom is 0.413 e. The first-order valence-corrected chi connectivity index (χ1v) is 4.09. The number of carbonyl (C=O) groups excluding carboxylic acids is 1. The van der Waals surface area contributed by atoms with Crippen molar-refractivity contribution in [2.24, 2.45) is 0 Å². The van der Waals surface area contributed by atoms with Crippen molar-refractivity contribution in [1.82, 2.24) is 0 Å². The fourth-order valence-corrected chi connectivity index (χ4v) is 0.914. The molecule has 0 aromatic heterocycles. The van der Waals surface area contributed by atoms with Crippen molar-refractivity contribution in [3.8, 4) is 6.07 Å². The summed E-state index contributed by atoms with van der Waals surface area (Å²) in [5, 5.41) is 8.54. The Hall–Kier alpha value is -2.44. The number of nitrogens with zero attached hydrogens (tertiary/aromatic N) is 3. The van der Waals surface area contributed by atoms with Crippen molar-refractivity contribution in [3.05, 3.63) is 40.9 Å². The molecule has 1 rings (SSSR count). The third-order valence-electron chi connectivity index (χ3n) is 1.63. The average Bonchev–Trinajstić information content (AvgIpc) is 2.27. The van der Waals surface area contributed by atoms with Crippen LogP contribution in [-0.2, 0) is 16.1 Å². The van der Waals surface area contributed by atoms with Gasteiger partial charge in [0.05, 0.1) is 11.6 Å². The lowest BCUT2D eigenvalue weighted by atomic mass is 10.2. The molecule has 0 bridgehead atoms. The van der Waals surface area contributed by atoms with Crippen molar-refractivity contribution >= 4 is 12.2 Å². The summed E-state index contributed by atoms with van der Waals surface area (Å²) in [5.74, 6) is -0.721. The van der Waals surface area contributed by atoms with Crippen molar-refractivity contribution in [2.45, 2.75) is 6.61 Å². The second kappa shape index (κ2) is 5.32. The van der Waals surface area contributed by atoms with Gasteiger partial charge >= 0.3 is 12.2 Å². The molecule has 0 heterocycles. The molecular formula is C10H7N3O2. The van der Waals surface area contributed by atoms with Gasteiger partial charge in [-0.2, -0.15) is 10.1 Å². The standard InChI is InChI=1S/C10H7N3O2/c11-5-8-1-3-9(4-2-8)7-15-10(14)6-13-12/h1-4,6H,7H2. The molecule has 1 aromatic rings. The maximum absolute atomic E-state index is 10.8. The Balaban J connectivity index is 2.55. The minimum atomic E-state index is -0.721. The molecule has 1 aromatic carbocycles. The van der Waals surface area contributed by atoms with Gasteiger partial charge in [0, 0.05) is 0 Å². The zero-order valence-corrected chi connectivity index (χ0v) is 7.75. The predicted molar refractivity (Wildman–Crippen MR) is 50.6 cm³/mol. The number of nitriles is 1. The molecule has 0 saturated carbocycles. The average molecular weight is 201 g/mol. The third kappa shape index (κ3) is 3.43. The molecule has 0 saturated heterocycles. The molecule has 0 aliphatic heterocycles. The van der Waals surface area contributed by atoms with Crippen LogP contribution < -0.4 is 0 Å². The molecule has 0 aliphatic carbocycles. The molecule has 74 valence electrons. The molecule has 5 heteroatoms. The summed E-state index contributed by atoms with van der Waals surface area (Å²) in [6, 6.07) is 8.60. The van der Waals surface area contributed by atoms with Gasteiger partial charge in [0.25, 0.3) is 0 Å². The van der Waals surface area contributed by atoms with Crippen LogP contribution in [0.2, 0.25) is 0 Å². The lowest BCUT2D eigenvalue weighted by Gasteiger charge is -1.99. The van der Waals surface area contributed by atoms with E-state index in [4.69, 9.17) is 15.5 Å². The quantitative estimate of drug-likeness (QED) is 0.315. The van der Waals surface area contributed by atoms with Crippen LogP contribution in [0.4, 0.5) is 0 Å². The molecule has 0 radical (unpaired) electrons. The van der Waals surface area contributed by atoms with Crippen molar-refractivity contribution < 1.29 is 14.3 Å². The number of hydrogen-bond acceptors (Lipinski definition) is 3. The Morgan fingerprint density at radius 3 is 2.73 bits per heavy atom. The van der Waals surface area contributed by atoms with Gasteiger partial charge in [-0.1, -0.05) is 12.1 Å². The van der Waals surface area contributed by atoms with Gasteiger partial charge < -0.3 is 10.3 Å². The molecule has 0 amide bonds. The van der Waals surface area contributed by atoms with E-state index in [2.05, 4.69) is 4.79 Å². The molecule has 15 heavy (non-hydrogen) atoms. The van der Waals surface area contributed by atoms with E-state index in [0.29, 0.717) is 11.8 Å². The number of hydrogen-bond donors (Lipinski definition) is 0. The van der Waals surface area contributed by atoms with Crippen LogP contribution in [0, 0.1) is 11.3 Å². The van der Waals surface area contributed by atoms with Crippen molar-refractivity contribution in [2.75, 3.05) is 0 Å². The maximum atomic E-state index is 10.8. The Bertz CT molecular complexity index is 439. The third-order valence-corrected chi connectivity index (χ3v) is 1.63. The Morgan fingerprint density at radius 1 is 1.53 bits per heavy atom. The van der Waals surface area contributed by atoms with Crippen LogP contribution in [0.3, 0.4) is 0 Å². The second-order valence-electron chi connectivity index (χ2n) is 2.66. The predicted octanol–water partition coefficient (Wildman–Crippen LogP) is 0.902. The first-order chi connectivity index (χ1) is 7.26. The fourth-order valence-electron chi connectivity index (χ4n) is 0.914. The molecule has 0 atom stereocenters. The van der Waals surface area contributed by atoms with E-state index < -0.39 is 5.97 Å². The molecule has 0 aliphatic rings. The van der Waals surface area contributed by atoms with E-state index in [-0.39, 0.29) is 6.61 Å². The lowest BCUT2D eigenvalue weighted by Crippen LogP contribution is -2.05. The van der Waals surface area contributed by atoms with Crippen LogP contribution in [0.25, 0.3) is 5.53 Å². The zero-order chi connectivity index (χ0) is 11.1. The van der Waals surface area contributed by atoms with E-state index in [9.17, 15) is 4.79 Å². The van der Waals surface area contributed by atoms with E-state index in [1.165, 1.54) is 0 Å². The minimum Gasteiger partial charge on any atom is -0.452 e. The van der Waals surface area contributed by atoms with Crippen molar-refractivity contribution in [1.29, 1.82) is 5.26 Å². The zero-order valence-electron chi connectivity index (χ0n) is 7.75. The van der Waals surface area contributed by atoms with Gasteiger partial charge in [0.1, 0.15) is 6.61 Å². The van der Waals surface area contributed by atoms with Crippen LogP contribution in [-0.4, -0.2) is 17.0 Å². The molecule has 0 unspecified atom stereocenters. The fraction of sp³-hybridized carbons (Fsp3) is 0.100. The Kier molecular flexibility index (Phi) is 3.78. The van der Waals surface area contributed by atoms with Crippen LogP contribution in [0.15, 0.2) is 24.3 Å². The summed E-state index contributed by atoms with van der Waals surface area (Å²) in [5.41, 5.74) is 9.34. The topological polar surface area (TPSA) is 86.5 Å². The van der Waals surface area contributed by atoms with Gasteiger partial charge in [0.15, 0.2) is 0 Å². The Morgan fingerprint density at radius 2 is 2.20 bits per heavy atom. The van der Waals surface area contributed by atoms with Crippen LogP contribution in [0.5, 0.6) is 0 Å². The second-order valence-corrected chi connectivity index (χ2v) is 2.66. The minimum absolute atomic E-state index is 0.0799. The summed E-state index contributed by atoms with van der Waals surface area (Å²) < 4.78 is 4.71. The molecule has 0 fully saturated rings. The number of carbonyl (C=O) groups is 1. The van der Waals surface area contributed by atoms with Gasteiger partial charge in [-0.25, -0.2) is 4.79 Å². The summed E-state index contributed by atoms with van der Waals surface area (Å²) in [4.78, 5) is 13.3. The normalized spacial score (nSPS) is 8.47. The smallest absolute Gasteiger partial charge is 0.413 e. The van der Waals surface area contributed by atoms with Crippen LogP contribution >= 0.6 is 0 Å². The highest BCUT2D eigenvalue weighted by molar-refractivity contribution is 6.20. The van der Waals surface area contributed by atoms with Gasteiger partial charge in [0.2, 0.25) is 0 Å². The van der Waals surface area contributed by atoms with Crippen molar-refractivity contribution in [3.63, 3.8) is 0 Å². The van der Waals surface area contributed by atoms with E-state index in [1.54, 1.807) is 24.3 Å². The Labute approximate surface area is 86.1 Å². The van der Waals surface area contributed by atoms with E-state index in [1.807, 2.05) is 6.07 Å². The first kappa shape index (κ1) is 10.6. The highest BCUT2D eigenvalue weighted by atomic mass is 16.5. The molecule has 5 nitrogen and oxygen atoms in total. The number of esters is 1. The summed E-state index contributed by atoms with van der Waals surface area (Å²) in [7, 11) is 0. The largest absolute Gasteiger partial charge is 0.452 e. The molecule has 0 spiro atoms. The van der Waals surface area contributed by atoms with Gasteiger partial charge in [-0.15, -0.1) is 0 Å². The van der Waals surface area contributed by atoms with Crippen LogP contribution in [0.1, 0.15) is 11.1 Å². The first-order valence-electron chi connectivity index (χ1n) is 4.09. The van der Waals surface area contributed by atoms with E-state index >= 15 is 0 Å². The molecular weight excluding hydrogens is 194 g/mol. The highest BCUT2D eigenvalue weighted by Gasteiger charge is 2.03. The summed E-state index contributed by atoms with van der Waals surface area (Å²) in [6.07, 6.45) is 0.670. The van der Waals surface area contributed by atoms with E-state index in [0.717, 1.165) is 5.56 Å². The molecule has 0 N–H and O–H groups in total.